The Morgan fingerprint density at radius 3 is 2.44 bits per heavy atom. The summed E-state index contributed by atoms with van der Waals surface area (Å²) in [6, 6.07) is 16.2. The fraction of sp³-hybridized carbons (Fsp3) is 0.125. The molecule has 0 aliphatic heterocycles. The lowest BCUT2D eigenvalue weighted by molar-refractivity contribution is -0.142. The lowest BCUT2D eigenvalue weighted by atomic mass is 10.0. The maximum atomic E-state index is 12.6. The molecule has 1 N–H and O–H groups in total. The molecule has 0 bridgehead atoms. The number of halogens is 1. The summed E-state index contributed by atoms with van der Waals surface area (Å²) in [4.78, 5) is 36.8. The average Bonchev–Trinajstić information content (AvgIpc) is 3.21. The molecule has 164 valence electrons. The summed E-state index contributed by atoms with van der Waals surface area (Å²) < 4.78 is 10.1. The van der Waals surface area contributed by atoms with Crippen molar-refractivity contribution in [3.8, 4) is 11.1 Å². The van der Waals surface area contributed by atoms with Crippen LogP contribution in [0.3, 0.4) is 0 Å². The number of carbonyl (C=O) groups excluding carboxylic acids is 3. The van der Waals surface area contributed by atoms with Crippen LogP contribution in [0.25, 0.3) is 17.2 Å². The Morgan fingerprint density at radius 1 is 1.03 bits per heavy atom. The molecule has 0 unspecified atom stereocenters. The highest BCUT2D eigenvalue weighted by Crippen LogP contribution is 2.36. The molecule has 3 rings (SSSR count). The standard InChI is InChI=1S/C24H20ClNO5S/c1-2-30-24(29)22-19(17-9-11-18(25)12-10-17)15-32-23(22)26-20(27)14-31-21(28)13-8-16-6-4-3-5-7-16/h3-13,15H,2,14H2,1H3,(H,26,27)/b13-8+. The fourth-order valence-corrected chi connectivity index (χ4v) is 3.87. The van der Waals surface area contributed by atoms with Gasteiger partial charge in [0.05, 0.1) is 6.61 Å². The number of rotatable bonds is 8. The van der Waals surface area contributed by atoms with Crippen LogP contribution in [0.5, 0.6) is 0 Å². The molecular weight excluding hydrogens is 450 g/mol. The minimum Gasteiger partial charge on any atom is -0.462 e. The van der Waals surface area contributed by atoms with E-state index in [1.807, 2.05) is 30.3 Å². The molecule has 0 fully saturated rings. The highest BCUT2D eigenvalue weighted by molar-refractivity contribution is 7.15. The second-order valence-corrected chi connectivity index (χ2v) is 7.80. The van der Waals surface area contributed by atoms with Crippen LogP contribution in [0.4, 0.5) is 5.00 Å². The van der Waals surface area contributed by atoms with Crippen LogP contribution in [-0.4, -0.2) is 31.1 Å². The zero-order chi connectivity index (χ0) is 22.9. The predicted molar refractivity (Wildman–Crippen MR) is 126 cm³/mol. The van der Waals surface area contributed by atoms with E-state index in [1.54, 1.807) is 42.6 Å². The first kappa shape index (κ1) is 23.2. The van der Waals surface area contributed by atoms with Crippen LogP contribution in [0.1, 0.15) is 22.8 Å². The van der Waals surface area contributed by atoms with Gasteiger partial charge in [-0.3, -0.25) is 4.79 Å². The largest absolute Gasteiger partial charge is 0.462 e. The van der Waals surface area contributed by atoms with Crippen LogP contribution < -0.4 is 5.32 Å². The predicted octanol–water partition coefficient (Wildman–Crippen LogP) is 5.44. The smallest absolute Gasteiger partial charge is 0.341 e. The van der Waals surface area contributed by atoms with Gasteiger partial charge in [-0.15, -0.1) is 11.3 Å². The van der Waals surface area contributed by atoms with Crippen molar-refractivity contribution in [3.63, 3.8) is 0 Å². The highest BCUT2D eigenvalue weighted by Gasteiger charge is 2.23. The third-order valence-electron chi connectivity index (χ3n) is 4.24. The molecule has 0 spiro atoms. The van der Waals surface area contributed by atoms with Crippen LogP contribution in [0.2, 0.25) is 5.02 Å². The van der Waals surface area contributed by atoms with E-state index in [0.29, 0.717) is 15.6 Å². The minimum atomic E-state index is -0.650. The molecule has 0 aliphatic carbocycles. The van der Waals surface area contributed by atoms with Crippen LogP contribution >= 0.6 is 22.9 Å². The van der Waals surface area contributed by atoms with E-state index < -0.39 is 24.5 Å². The molecule has 0 aliphatic rings. The third kappa shape index (κ3) is 6.29. The second-order valence-electron chi connectivity index (χ2n) is 6.48. The Bertz CT molecular complexity index is 1120. The quantitative estimate of drug-likeness (QED) is 0.351. The van der Waals surface area contributed by atoms with Crippen LogP contribution in [0.15, 0.2) is 66.1 Å². The first-order valence-corrected chi connectivity index (χ1v) is 11.0. The lowest BCUT2D eigenvalue weighted by Gasteiger charge is -2.09. The number of thiophene rings is 1. The molecule has 1 heterocycles. The zero-order valence-corrected chi connectivity index (χ0v) is 18.7. The normalized spacial score (nSPS) is 10.7. The van der Waals surface area contributed by atoms with Gasteiger partial charge in [-0.25, -0.2) is 9.59 Å². The van der Waals surface area contributed by atoms with E-state index in [-0.39, 0.29) is 12.2 Å². The second kappa shape index (κ2) is 11.3. The third-order valence-corrected chi connectivity index (χ3v) is 5.38. The van der Waals surface area contributed by atoms with Crippen molar-refractivity contribution in [2.24, 2.45) is 0 Å². The Hall–Kier alpha value is -3.42. The van der Waals surface area contributed by atoms with Crippen molar-refractivity contribution in [2.75, 3.05) is 18.5 Å². The van der Waals surface area contributed by atoms with Gasteiger partial charge in [0, 0.05) is 22.0 Å². The highest BCUT2D eigenvalue weighted by atomic mass is 35.5. The van der Waals surface area contributed by atoms with Crippen LogP contribution in [-0.2, 0) is 19.1 Å². The summed E-state index contributed by atoms with van der Waals surface area (Å²) in [6.45, 7) is 1.40. The molecular formula is C24H20ClNO5S. The summed E-state index contributed by atoms with van der Waals surface area (Å²) >= 11 is 7.13. The summed E-state index contributed by atoms with van der Waals surface area (Å²) in [5, 5.41) is 5.26. The lowest BCUT2D eigenvalue weighted by Crippen LogP contribution is -2.21. The van der Waals surface area contributed by atoms with Gasteiger partial charge in [0.2, 0.25) is 0 Å². The van der Waals surface area contributed by atoms with E-state index in [9.17, 15) is 14.4 Å². The molecule has 0 radical (unpaired) electrons. The molecule has 8 heteroatoms. The van der Waals surface area contributed by atoms with E-state index in [1.165, 1.54) is 17.4 Å². The number of amides is 1. The van der Waals surface area contributed by atoms with Crippen molar-refractivity contribution in [1.82, 2.24) is 0 Å². The molecule has 6 nitrogen and oxygen atoms in total. The van der Waals surface area contributed by atoms with Gasteiger partial charge in [0.1, 0.15) is 10.6 Å². The average molecular weight is 470 g/mol. The number of hydrogen-bond acceptors (Lipinski definition) is 6. The number of hydrogen-bond donors (Lipinski definition) is 1. The Balaban J connectivity index is 1.68. The summed E-state index contributed by atoms with van der Waals surface area (Å²) in [7, 11) is 0. The van der Waals surface area contributed by atoms with Gasteiger partial charge < -0.3 is 14.8 Å². The first-order chi connectivity index (χ1) is 15.5. The van der Waals surface area contributed by atoms with Crippen molar-refractivity contribution in [3.05, 3.63) is 82.2 Å². The number of anilines is 1. The molecule has 0 saturated heterocycles. The maximum Gasteiger partial charge on any atom is 0.341 e. The van der Waals surface area contributed by atoms with Gasteiger partial charge in [0.25, 0.3) is 5.91 Å². The van der Waals surface area contributed by atoms with Gasteiger partial charge in [-0.05, 0) is 36.3 Å². The van der Waals surface area contributed by atoms with Crippen molar-refractivity contribution in [2.45, 2.75) is 6.92 Å². The Labute approximate surface area is 194 Å². The van der Waals surface area contributed by atoms with Crippen molar-refractivity contribution in [1.29, 1.82) is 0 Å². The summed E-state index contributed by atoms with van der Waals surface area (Å²) in [5.41, 5.74) is 2.44. The number of esters is 2. The minimum absolute atomic E-state index is 0.188. The number of ether oxygens (including phenoxy) is 2. The summed E-state index contributed by atoms with van der Waals surface area (Å²) in [5.74, 6) is -1.78. The van der Waals surface area contributed by atoms with E-state index in [2.05, 4.69) is 5.32 Å². The molecule has 32 heavy (non-hydrogen) atoms. The van der Waals surface area contributed by atoms with Crippen LogP contribution in [0, 0.1) is 0 Å². The monoisotopic (exact) mass is 469 g/mol. The maximum absolute atomic E-state index is 12.6. The first-order valence-electron chi connectivity index (χ1n) is 9.72. The van der Waals surface area contributed by atoms with E-state index in [4.69, 9.17) is 21.1 Å². The molecule has 1 aromatic heterocycles. The molecule has 0 atom stereocenters. The van der Waals surface area contributed by atoms with Crippen molar-refractivity contribution >= 4 is 51.9 Å². The van der Waals surface area contributed by atoms with E-state index >= 15 is 0 Å². The SMILES string of the molecule is CCOC(=O)c1c(-c2ccc(Cl)cc2)csc1NC(=O)COC(=O)/C=C/c1ccccc1. The van der Waals surface area contributed by atoms with Gasteiger partial charge in [-0.2, -0.15) is 0 Å². The Kier molecular flexibility index (Phi) is 8.19. The van der Waals surface area contributed by atoms with Gasteiger partial charge in [0.15, 0.2) is 6.61 Å². The number of benzene rings is 2. The molecule has 3 aromatic rings. The molecule has 2 aromatic carbocycles. The van der Waals surface area contributed by atoms with Crippen molar-refractivity contribution < 1.29 is 23.9 Å². The fourth-order valence-electron chi connectivity index (χ4n) is 2.77. The van der Waals surface area contributed by atoms with Gasteiger partial charge in [-0.1, -0.05) is 54.1 Å². The topological polar surface area (TPSA) is 81.7 Å². The van der Waals surface area contributed by atoms with Gasteiger partial charge >= 0.3 is 11.9 Å². The number of carbonyl (C=O) groups is 3. The zero-order valence-electron chi connectivity index (χ0n) is 17.2. The molecule has 1 amide bonds. The van der Waals surface area contributed by atoms with E-state index in [0.717, 1.165) is 11.1 Å². The number of nitrogens with one attached hydrogen (secondary N) is 1. The molecule has 0 saturated carbocycles. The summed E-state index contributed by atoms with van der Waals surface area (Å²) in [6.07, 6.45) is 2.84. The Morgan fingerprint density at radius 2 is 1.75 bits per heavy atom.